The van der Waals surface area contributed by atoms with Crippen LogP contribution in [0.5, 0.6) is 0 Å². The van der Waals surface area contributed by atoms with Crippen molar-refractivity contribution in [2.45, 2.75) is 33.5 Å². The number of hydrogen-bond donors (Lipinski definition) is 1. The molecule has 2 aromatic rings. The minimum absolute atomic E-state index is 0.00277. The topological polar surface area (TPSA) is 50.2 Å². The molecule has 0 radical (unpaired) electrons. The van der Waals surface area contributed by atoms with Crippen LogP contribution in [-0.2, 0) is 24.4 Å². The molecule has 0 unspecified atom stereocenters. The Balaban J connectivity index is 1.80. The molecule has 124 valence electrons. The number of halogens is 1. The van der Waals surface area contributed by atoms with E-state index in [0.717, 1.165) is 23.4 Å². The number of amides is 1. The van der Waals surface area contributed by atoms with Crippen molar-refractivity contribution in [3.8, 4) is 0 Å². The zero-order valence-corrected chi connectivity index (χ0v) is 14.6. The summed E-state index contributed by atoms with van der Waals surface area (Å²) in [6.07, 6.45) is 1.88. The molecule has 0 aliphatic heterocycles. The van der Waals surface area contributed by atoms with Crippen LogP contribution in [0.4, 0.5) is 0 Å². The van der Waals surface area contributed by atoms with Crippen molar-refractivity contribution < 1.29 is 4.79 Å². The molecule has 6 heteroatoms. The molecule has 1 aromatic heterocycles. The molecule has 0 spiro atoms. The van der Waals surface area contributed by atoms with Crippen molar-refractivity contribution in [1.29, 1.82) is 0 Å². The van der Waals surface area contributed by atoms with Gasteiger partial charge in [0.25, 0.3) is 0 Å². The largest absolute Gasteiger partial charge is 0.351 e. The van der Waals surface area contributed by atoms with Crippen LogP contribution in [0.1, 0.15) is 23.7 Å². The van der Waals surface area contributed by atoms with Crippen molar-refractivity contribution in [3.05, 3.63) is 52.3 Å². The van der Waals surface area contributed by atoms with E-state index in [2.05, 4.69) is 24.3 Å². The molecular formula is C17H23ClN4O. The number of aryl methyl sites for hydroxylation is 1. The Morgan fingerprint density at radius 3 is 2.65 bits per heavy atom. The summed E-state index contributed by atoms with van der Waals surface area (Å²) in [4.78, 5) is 14.0. The van der Waals surface area contributed by atoms with Gasteiger partial charge in [-0.15, -0.1) is 0 Å². The summed E-state index contributed by atoms with van der Waals surface area (Å²) in [5.41, 5.74) is 3.34. The second kappa shape index (κ2) is 8.13. The molecule has 0 fully saturated rings. The van der Waals surface area contributed by atoms with Crippen LogP contribution in [-0.4, -0.2) is 34.2 Å². The lowest BCUT2D eigenvalue weighted by Crippen LogP contribution is -2.34. The number of carbonyl (C=O) groups is 1. The minimum Gasteiger partial charge on any atom is -0.351 e. The highest BCUT2D eigenvalue weighted by molar-refractivity contribution is 6.30. The van der Waals surface area contributed by atoms with Gasteiger partial charge in [-0.25, -0.2) is 0 Å². The van der Waals surface area contributed by atoms with E-state index in [1.54, 1.807) is 0 Å². The van der Waals surface area contributed by atoms with Gasteiger partial charge in [0.2, 0.25) is 5.91 Å². The zero-order chi connectivity index (χ0) is 16.8. The summed E-state index contributed by atoms with van der Waals surface area (Å²) in [6.45, 7) is 6.55. The van der Waals surface area contributed by atoms with Gasteiger partial charge in [0, 0.05) is 35.9 Å². The van der Waals surface area contributed by atoms with Crippen molar-refractivity contribution in [2.24, 2.45) is 0 Å². The number of rotatable bonds is 7. The van der Waals surface area contributed by atoms with Gasteiger partial charge >= 0.3 is 0 Å². The Bertz CT molecular complexity index is 651. The van der Waals surface area contributed by atoms with Crippen LogP contribution in [0, 0.1) is 6.92 Å². The van der Waals surface area contributed by atoms with E-state index in [0.29, 0.717) is 24.7 Å². The fourth-order valence-electron chi connectivity index (χ4n) is 2.41. The molecule has 0 aliphatic carbocycles. The molecule has 23 heavy (non-hydrogen) atoms. The Morgan fingerprint density at radius 1 is 1.35 bits per heavy atom. The summed E-state index contributed by atoms with van der Waals surface area (Å²) >= 11 is 5.84. The molecule has 0 saturated carbocycles. The smallest absolute Gasteiger partial charge is 0.234 e. The second-order valence-electron chi connectivity index (χ2n) is 5.65. The monoisotopic (exact) mass is 334 g/mol. The van der Waals surface area contributed by atoms with Crippen molar-refractivity contribution in [3.63, 3.8) is 0 Å². The molecule has 2 rings (SSSR count). The number of nitrogens with one attached hydrogen (secondary N) is 1. The Kier molecular flexibility index (Phi) is 6.19. The van der Waals surface area contributed by atoms with Gasteiger partial charge in [-0.05, 0) is 38.6 Å². The normalized spacial score (nSPS) is 11.0. The fourth-order valence-corrected chi connectivity index (χ4v) is 2.54. The van der Waals surface area contributed by atoms with E-state index in [1.165, 1.54) is 0 Å². The number of hydrogen-bond acceptors (Lipinski definition) is 3. The van der Waals surface area contributed by atoms with Gasteiger partial charge in [-0.3, -0.25) is 14.4 Å². The van der Waals surface area contributed by atoms with E-state index < -0.39 is 0 Å². The maximum absolute atomic E-state index is 12.0. The number of nitrogens with zero attached hydrogens (tertiary/aromatic N) is 3. The summed E-state index contributed by atoms with van der Waals surface area (Å²) < 4.78 is 1.96. The second-order valence-corrected chi connectivity index (χ2v) is 6.08. The van der Waals surface area contributed by atoms with E-state index in [9.17, 15) is 4.79 Å². The predicted molar refractivity (Wildman–Crippen MR) is 92.3 cm³/mol. The predicted octanol–water partition coefficient (Wildman–Crippen LogP) is 2.61. The SMILES string of the molecule is CCn1ncc(CN(C)CC(=O)NCc2ccc(Cl)cc2)c1C. The third-order valence-electron chi connectivity index (χ3n) is 3.76. The molecule has 5 nitrogen and oxygen atoms in total. The number of likely N-dealkylation sites (N-methyl/N-ethyl adjacent to an activating group) is 1. The molecular weight excluding hydrogens is 312 g/mol. The Labute approximate surface area is 142 Å². The van der Waals surface area contributed by atoms with E-state index in [4.69, 9.17) is 11.6 Å². The molecule has 0 saturated heterocycles. The number of aromatic nitrogens is 2. The van der Waals surface area contributed by atoms with Gasteiger partial charge in [-0.1, -0.05) is 23.7 Å². The van der Waals surface area contributed by atoms with Gasteiger partial charge in [0.1, 0.15) is 0 Å². The molecule has 0 aliphatic rings. The average molecular weight is 335 g/mol. The highest BCUT2D eigenvalue weighted by Gasteiger charge is 2.11. The van der Waals surface area contributed by atoms with E-state index in [1.807, 2.05) is 47.1 Å². The van der Waals surface area contributed by atoms with Crippen LogP contribution in [0.25, 0.3) is 0 Å². The van der Waals surface area contributed by atoms with Gasteiger partial charge in [-0.2, -0.15) is 5.10 Å². The third kappa shape index (κ3) is 5.08. The van der Waals surface area contributed by atoms with Crippen LogP contribution in [0.15, 0.2) is 30.5 Å². The highest BCUT2D eigenvalue weighted by atomic mass is 35.5. The average Bonchev–Trinajstić information content (AvgIpc) is 2.87. The van der Waals surface area contributed by atoms with E-state index >= 15 is 0 Å². The van der Waals surface area contributed by atoms with E-state index in [-0.39, 0.29) is 5.91 Å². The Hall–Kier alpha value is -1.85. The maximum Gasteiger partial charge on any atom is 0.234 e. The quantitative estimate of drug-likeness (QED) is 0.846. The van der Waals surface area contributed by atoms with Gasteiger partial charge < -0.3 is 5.32 Å². The zero-order valence-electron chi connectivity index (χ0n) is 13.8. The lowest BCUT2D eigenvalue weighted by atomic mass is 10.2. The van der Waals surface area contributed by atoms with Crippen molar-refractivity contribution in [1.82, 2.24) is 20.0 Å². The highest BCUT2D eigenvalue weighted by Crippen LogP contribution is 2.10. The fraction of sp³-hybridized carbons (Fsp3) is 0.412. The van der Waals surface area contributed by atoms with Crippen LogP contribution in [0.2, 0.25) is 5.02 Å². The first-order valence-electron chi connectivity index (χ1n) is 7.70. The van der Waals surface area contributed by atoms with Crippen molar-refractivity contribution in [2.75, 3.05) is 13.6 Å². The number of benzene rings is 1. The van der Waals surface area contributed by atoms with Crippen molar-refractivity contribution >= 4 is 17.5 Å². The lowest BCUT2D eigenvalue weighted by Gasteiger charge is -2.16. The lowest BCUT2D eigenvalue weighted by molar-refractivity contribution is -0.122. The van der Waals surface area contributed by atoms with Gasteiger partial charge in [0.15, 0.2) is 0 Å². The first-order chi connectivity index (χ1) is 11.0. The first-order valence-corrected chi connectivity index (χ1v) is 8.08. The van der Waals surface area contributed by atoms with Gasteiger partial charge in [0.05, 0.1) is 12.7 Å². The summed E-state index contributed by atoms with van der Waals surface area (Å²) in [6, 6.07) is 7.47. The summed E-state index contributed by atoms with van der Waals surface area (Å²) in [5, 5.41) is 7.95. The third-order valence-corrected chi connectivity index (χ3v) is 4.01. The maximum atomic E-state index is 12.0. The Morgan fingerprint density at radius 2 is 2.04 bits per heavy atom. The standard InChI is InChI=1S/C17H23ClN4O/c1-4-22-13(2)15(10-20-22)11-21(3)12-17(23)19-9-14-5-7-16(18)8-6-14/h5-8,10H,4,9,11-12H2,1-3H3,(H,19,23). The first kappa shape index (κ1) is 17.5. The summed E-state index contributed by atoms with van der Waals surface area (Å²) in [7, 11) is 1.94. The molecule has 1 amide bonds. The molecule has 0 bridgehead atoms. The molecule has 0 atom stereocenters. The molecule has 1 N–H and O–H groups in total. The number of carbonyl (C=O) groups excluding carboxylic acids is 1. The molecule has 1 heterocycles. The molecule has 1 aromatic carbocycles. The summed E-state index contributed by atoms with van der Waals surface area (Å²) in [5.74, 6) is 0.00277. The van der Waals surface area contributed by atoms with Crippen LogP contribution >= 0.6 is 11.6 Å². The minimum atomic E-state index is 0.00277. The van der Waals surface area contributed by atoms with Crippen LogP contribution < -0.4 is 5.32 Å². The van der Waals surface area contributed by atoms with Crippen LogP contribution in [0.3, 0.4) is 0 Å².